The summed E-state index contributed by atoms with van der Waals surface area (Å²) in [4.78, 5) is 11.3. The van der Waals surface area contributed by atoms with Gasteiger partial charge in [-0.25, -0.2) is 4.79 Å². The van der Waals surface area contributed by atoms with Gasteiger partial charge in [0.1, 0.15) is 5.75 Å². The van der Waals surface area contributed by atoms with E-state index in [-0.39, 0.29) is 0 Å². The van der Waals surface area contributed by atoms with E-state index >= 15 is 0 Å². The molecule has 0 radical (unpaired) electrons. The Morgan fingerprint density at radius 2 is 1.95 bits per heavy atom. The molecule has 3 rings (SSSR count). The Labute approximate surface area is 124 Å². The minimum Gasteiger partial charge on any atom is -0.493 e. The van der Waals surface area contributed by atoms with Crippen LogP contribution in [-0.4, -0.2) is 17.7 Å². The molecular weight excluding hydrogens is 264 g/mol. The minimum atomic E-state index is -0.880. The number of fused-ring (bicyclic) bond motifs is 1. The van der Waals surface area contributed by atoms with Gasteiger partial charge >= 0.3 is 5.97 Å². The molecule has 0 aromatic heterocycles. The van der Waals surface area contributed by atoms with E-state index in [2.05, 4.69) is 6.07 Å². The van der Waals surface area contributed by atoms with Gasteiger partial charge in [-0.3, -0.25) is 0 Å². The molecule has 1 aliphatic heterocycles. The maximum absolute atomic E-state index is 11.3. The standard InChI is InChI=1S/C18H18O3/c1-11-8-12(2)16(18(19)20)10-15(11)13-5-6-17-14(9-13)4-3-7-21-17/h5-6,8-10H,3-4,7H2,1-2H3,(H,19,20). The molecule has 2 aromatic rings. The van der Waals surface area contributed by atoms with Crippen LogP contribution in [0.1, 0.15) is 33.5 Å². The summed E-state index contributed by atoms with van der Waals surface area (Å²) in [5.74, 6) is 0.0725. The predicted octanol–water partition coefficient (Wildman–Crippen LogP) is 3.99. The molecule has 0 fully saturated rings. The summed E-state index contributed by atoms with van der Waals surface area (Å²) in [6.45, 7) is 4.63. The molecule has 3 heteroatoms. The highest BCUT2D eigenvalue weighted by atomic mass is 16.5. The van der Waals surface area contributed by atoms with Crippen molar-refractivity contribution in [2.75, 3.05) is 6.61 Å². The normalized spacial score (nSPS) is 13.4. The Hall–Kier alpha value is -2.29. The third kappa shape index (κ3) is 2.51. The first-order chi connectivity index (χ1) is 10.1. The number of aromatic carboxylic acids is 1. The SMILES string of the molecule is Cc1cc(C)c(-c2ccc3c(c2)CCCO3)cc1C(=O)O. The lowest BCUT2D eigenvalue weighted by Gasteiger charge is -2.19. The molecular formula is C18H18O3. The average Bonchev–Trinajstić information content (AvgIpc) is 2.46. The zero-order chi connectivity index (χ0) is 15.0. The molecule has 0 saturated heterocycles. The van der Waals surface area contributed by atoms with Crippen LogP contribution in [0.15, 0.2) is 30.3 Å². The highest BCUT2D eigenvalue weighted by Crippen LogP contribution is 2.32. The van der Waals surface area contributed by atoms with E-state index in [1.54, 1.807) is 6.07 Å². The Bertz CT molecular complexity index is 717. The lowest BCUT2D eigenvalue weighted by molar-refractivity contribution is 0.0696. The number of rotatable bonds is 2. The van der Waals surface area contributed by atoms with Gasteiger partial charge in [-0.15, -0.1) is 0 Å². The first kappa shape index (κ1) is 13.7. The highest BCUT2D eigenvalue weighted by Gasteiger charge is 2.15. The molecule has 1 N–H and O–H groups in total. The number of hydrogen-bond donors (Lipinski definition) is 1. The zero-order valence-electron chi connectivity index (χ0n) is 12.3. The van der Waals surface area contributed by atoms with Crippen LogP contribution in [0.5, 0.6) is 5.75 Å². The lowest BCUT2D eigenvalue weighted by Crippen LogP contribution is -2.08. The van der Waals surface area contributed by atoms with E-state index < -0.39 is 5.97 Å². The van der Waals surface area contributed by atoms with Gasteiger partial charge in [-0.05, 0) is 72.7 Å². The Kier molecular flexibility index (Phi) is 3.42. The second kappa shape index (κ2) is 5.24. The largest absolute Gasteiger partial charge is 0.493 e. The van der Waals surface area contributed by atoms with Crippen LogP contribution in [-0.2, 0) is 6.42 Å². The van der Waals surface area contributed by atoms with Crippen LogP contribution < -0.4 is 4.74 Å². The fraction of sp³-hybridized carbons (Fsp3) is 0.278. The van der Waals surface area contributed by atoms with Crippen molar-refractivity contribution in [1.82, 2.24) is 0 Å². The van der Waals surface area contributed by atoms with Gasteiger partial charge in [0, 0.05) is 0 Å². The van der Waals surface area contributed by atoms with Gasteiger partial charge in [0.05, 0.1) is 12.2 Å². The van der Waals surface area contributed by atoms with Crippen LogP contribution in [0, 0.1) is 13.8 Å². The van der Waals surface area contributed by atoms with Crippen molar-refractivity contribution in [3.8, 4) is 16.9 Å². The zero-order valence-corrected chi connectivity index (χ0v) is 12.3. The van der Waals surface area contributed by atoms with Crippen LogP contribution in [0.3, 0.4) is 0 Å². The Morgan fingerprint density at radius 1 is 1.14 bits per heavy atom. The third-order valence-corrected chi connectivity index (χ3v) is 4.02. The molecule has 108 valence electrons. The highest BCUT2D eigenvalue weighted by molar-refractivity contribution is 5.91. The van der Waals surface area contributed by atoms with E-state index in [0.717, 1.165) is 47.5 Å². The number of aryl methyl sites for hydroxylation is 3. The van der Waals surface area contributed by atoms with E-state index in [0.29, 0.717) is 5.56 Å². The van der Waals surface area contributed by atoms with E-state index in [4.69, 9.17) is 4.74 Å². The van der Waals surface area contributed by atoms with Gasteiger partial charge in [-0.2, -0.15) is 0 Å². The smallest absolute Gasteiger partial charge is 0.335 e. The Balaban J connectivity index is 2.12. The lowest BCUT2D eigenvalue weighted by atomic mass is 9.93. The number of hydrogen-bond acceptors (Lipinski definition) is 2. The van der Waals surface area contributed by atoms with Crippen LogP contribution in [0.25, 0.3) is 11.1 Å². The van der Waals surface area contributed by atoms with Crippen LogP contribution >= 0.6 is 0 Å². The summed E-state index contributed by atoms with van der Waals surface area (Å²) in [5.41, 5.74) is 5.49. The first-order valence-electron chi connectivity index (χ1n) is 7.17. The maximum Gasteiger partial charge on any atom is 0.335 e. The molecule has 0 spiro atoms. The van der Waals surface area contributed by atoms with Crippen molar-refractivity contribution in [3.05, 3.63) is 52.6 Å². The Morgan fingerprint density at radius 3 is 2.71 bits per heavy atom. The summed E-state index contributed by atoms with van der Waals surface area (Å²) < 4.78 is 5.63. The minimum absolute atomic E-state index is 0.365. The molecule has 0 atom stereocenters. The predicted molar refractivity (Wildman–Crippen MR) is 82.1 cm³/mol. The van der Waals surface area contributed by atoms with Crippen molar-refractivity contribution in [2.24, 2.45) is 0 Å². The van der Waals surface area contributed by atoms with Crippen molar-refractivity contribution in [2.45, 2.75) is 26.7 Å². The van der Waals surface area contributed by atoms with Crippen molar-refractivity contribution < 1.29 is 14.6 Å². The molecule has 1 heterocycles. The molecule has 0 saturated carbocycles. The summed E-state index contributed by atoms with van der Waals surface area (Å²) in [6.07, 6.45) is 2.05. The van der Waals surface area contributed by atoms with Gasteiger partial charge in [-0.1, -0.05) is 12.1 Å². The van der Waals surface area contributed by atoms with Crippen molar-refractivity contribution in [1.29, 1.82) is 0 Å². The maximum atomic E-state index is 11.3. The number of benzene rings is 2. The summed E-state index contributed by atoms with van der Waals surface area (Å²) in [5, 5.41) is 9.30. The molecule has 0 aliphatic carbocycles. The topological polar surface area (TPSA) is 46.5 Å². The summed E-state index contributed by atoms with van der Waals surface area (Å²) in [6, 6.07) is 9.84. The quantitative estimate of drug-likeness (QED) is 0.905. The van der Waals surface area contributed by atoms with E-state index in [1.165, 1.54) is 5.56 Å². The van der Waals surface area contributed by atoms with Gasteiger partial charge < -0.3 is 9.84 Å². The summed E-state index contributed by atoms with van der Waals surface area (Å²) in [7, 11) is 0. The van der Waals surface area contributed by atoms with Gasteiger partial charge in [0.15, 0.2) is 0 Å². The summed E-state index contributed by atoms with van der Waals surface area (Å²) >= 11 is 0. The van der Waals surface area contributed by atoms with Gasteiger partial charge in [0.2, 0.25) is 0 Å². The van der Waals surface area contributed by atoms with E-state index in [9.17, 15) is 9.90 Å². The third-order valence-electron chi connectivity index (χ3n) is 4.02. The van der Waals surface area contributed by atoms with Crippen LogP contribution in [0.2, 0.25) is 0 Å². The van der Waals surface area contributed by atoms with Gasteiger partial charge in [0.25, 0.3) is 0 Å². The molecule has 0 bridgehead atoms. The average molecular weight is 282 g/mol. The van der Waals surface area contributed by atoms with E-state index in [1.807, 2.05) is 32.0 Å². The molecule has 1 aliphatic rings. The van der Waals surface area contributed by atoms with Crippen molar-refractivity contribution >= 4 is 5.97 Å². The second-order valence-electron chi connectivity index (χ2n) is 5.56. The number of carboxylic acids is 1. The molecule has 2 aromatic carbocycles. The fourth-order valence-electron chi connectivity index (χ4n) is 2.92. The molecule has 21 heavy (non-hydrogen) atoms. The monoisotopic (exact) mass is 282 g/mol. The number of ether oxygens (including phenoxy) is 1. The fourth-order valence-corrected chi connectivity index (χ4v) is 2.92. The van der Waals surface area contributed by atoms with Crippen molar-refractivity contribution in [3.63, 3.8) is 0 Å². The number of carboxylic acid groups (broad SMARTS) is 1. The first-order valence-corrected chi connectivity index (χ1v) is 7.17. The second-order valence-corrected chi connectivity index (χ2v) is 5.56. The van der Waals surface area contributed by atoms with Crippen LogP contribution in [0.4, 0.5) is 0 Å². The molecule has 0 amide bonds. The molecule has 3 nitrogen and oxygen atoms in total. The molecule has 0 unspecified atom stereocenters. The number of carbonyl (C=O) groups is 1.